The molecule has 0 radical (unpaired) electrons. The largest absolute Gasteiger partial charge is 0.370 e. The van der Waals surface area contributed by atoms with Crippen molar-refractivity contribution in [2.24, 2.45) is 10.7 Å². The van der Waals surface area contributed by atoms with Gasteiger partial charge in [-0.2, -0.15) is 0 Å². The standard InChI is InChI=1S/C20H29N3O2.HI/c21-19(23-18-10-6-8-15-7-2-3-9-17(15)18)22-13-16-14-24-20(25-16)11-4-1-5-12-20;/h6,8,10,16H,1-5,7,9,11-14H2,(H3,21,22,23);1H. The van der Waals surface area contributed by atoms with Gasteiger partial charge in [0.05, 0.1) is 13.2 Å². The van der Waals surface area contributed by atoms with Crippen LogP contribution in [0.1, 0.15) is 56.1 Å². The highest BCUT2D eigenvalue weighted by atomic mass is 127. The summed E-state index contributed by atoms with van der Waals surface area (Å²) in [5, 5.41) is 3.30. The highest BCUT2D eigenvalue weighted by Crippen LogP contribution is 2.37. The Morgan fingerprint density at radius 3 is 2.81 bits per heavy atom. The fraction of sp³-hybridized carbons (Fsp3) is 0.650. The minimum absolute atomic E-state index is 0. The van der Waals surface area contributed by atoms with E-state index in [1.807, 2.05) is 0 Å². The lowest BCUT2D eigenvalue weighted by Crippen LogP contribution is -2.34. The maximum atomic E-state index is 6.17. The number of nitrogens with one attached hydrogen (secondary N) is 1. The van der Waals surface area contributed by atoms with E-state index in [0.29, 0.717) is 19.1 Å². The molecule has 1 saturated heterocycles. The Bertz CT molecular complexity index is 644. The number of hydrogen-bond donors (Lipinski definition) is 2. The summed E-state index contributed by atoms with van der Waals surface area (Å²) >= 11 is 0. The first-order valence-electron chi connectivity index (χ1n) is 9.74. The summed E-state index contributed by atoms with van der Waals surface area (Å²) in [5.74, 6) is 0.131. The first-order valence-corrected chi connectivity index (χ1v) is 9.74. The van der Waals surface area contributed by atoms with Crippen LogP contribution in [0.3, 0.4) is 0 Å². The number of fused-ring (bicyclic) bond motifs is 1. The van der Waals surface area contributed by atoms with Crippen LogP contribution in [0.15, 0.2) is 23.2 Å². The number of benzene rings is 1. The monoisotopic (exact) mass is 471 g/mol. The van der Waals surface area contributed by atoms with Crippen LogP contribution < -0.4 is 11.1 Å². The number of ether oxygens (including phenoxy) is 2. The van der Waals surface area contributed by atoms with Crippen LogP contribution in [0.4, 0.5) is 5.69 Å². The molecular weight excluding hydrogens is 441 g/mol. The van der Waals surface area contributed by atoms with Crippen LogP contribution in [0, 0.1) is 0 Å². The fourth-order valence-corrected chi connectivity index (χ4v) is 4.34. The molecule has 1 aromatic rings. The van der Waals surface area contributed by atoms with Crippen molar-refractivity contribution < 1.29 is 9.47 Å². The number of halogens is 1. The first-order chi connectivity index (χ1) is 12.2. The molecule has 0 amide bonds. The summed E-state index contributed by atoms with van der Waals surface area (Å²) in [6.45, 7) is 1.17. The van der Waals surface area contributed by atoms with E-state index in [4.69, 9.17) is 15.2 Å². The number of aliphatic imine (C=N–C) groups is 1. The first kappa shape index (κ1) is 19.9. The summed E-state index contributed by atoms with van der Waals surface area (Å²) in [4.78, 5) is 4.51. The van der Waals surface area contributed by atoms with Crippen LogP contribution in [0.5, 0.6) is 0 Å². The SMILES string of the molecule is I.NC(=NCC1COC2(CCCCC2)O1)Nc1cccc2c1CCCC2. The minimum Gasteiger partial charge on any atom is -0.370 e. The van der Waals surface area contributed by atoms with Crippen molar-refractivity contribution in [1.82, 2.24) is 0 Å². The summed E-state index contributed by atoms with van der Waals surface area (Å²) < 4.78 is 12.1. The Morgan fingerprint density at radius 1 is 1.15 bits per heavy atom. The predicted octanol–water partition coefficient (Wildman–Crippen LogP) is 3.99. The fourth-order valence-electron chi connectivity index (χ4n) is 4.34. The lowest BCUT2D eigenvalue weighted by molar-refractivity contribution is -0.186. The van der Waals surface area contributed by atoms with Gasteiger partial charge >= 0.3 is 0 Å². The molecule has 5 nitrogen and oxygen atoms in total. The average Bonchev–Trinajstić information content (AvgIpc) is 3.03. The van der Waals surface area contributed by atoms with Crippen LogP contribution in [0.2, 0.25) is 0 Å². The van der Waals surface area contributed by atoms with E-state index in [-0.39, 0.29) is 35.9 Å². The summed E-state index contributed by atoms with van der Waals surface area (Å²) in [6.07, 6.45) is 10.5. The lowest BCUT2D eigenvalue weighted by Gasteiger charge is -2.31. The summed E-state index contributed by atoms with van der Waals surface area (Å²) in [5.41, 5.74) is 10.1. The molecule has 1 aromatic carbocycles. The number of aryl methyl sites for hydroxylation is 1. The van der Waals surface area contributed by atoms with Gasteiger partial charge in [0, 0.05) is 18.5 Å². The number of hydrogen-bond acceptors (Lipinski definition) is 3. The van der Waals surface area contributed by atoms with Gasteiger partial charge in [0.15, 0.2) is 11.7 Å². The molecule has 0 bridgehead atoms. The highest BCUT2D eigenvalue weighted by molar-refractivity contribution is 14.0. The van der Waals surface area contributed by atoms with Gasteiger partial charge in [-0.25, -0.2) is 0 Å². The zero-order valence-corrected chi connectivity index (χ0v) is 17.7. The molecule has 3 N–H and O–H groups in total. The van der Waals surface area contributed by atoms with Gasteiger partial charge in [0.1, 0.15) is 6.10 Å². The van der Waals surface area contributed by atoms with Gasteiger partial charge in [0.25, 0.3) is 0 Å². The van der Waals surface area contributed by atoms with E-state index in [1.165, 1.54) is 43.2 Å². The Balaban J connectivity index is 0.00000196. The van der Waals surface area contributed by atoms with Crippen LogP contribution in [-0.2, 0) is 22.3 Å². The van der Waals surface area contributed by atoms with Gasteiger partial charge in [-0.3, -0.25) is 4.99 Å². The number of nitrogens with zero attached hydrogens (tertiary/aromatic N) is 1. The van der Waals surface area contributed by atoms with Crippen molar-refractivity contribution in [3.05, 3.63) is 29.3 Å². The second-order valence-corrected chi connectivity index (χ2v) is 7.52. The molecule has 1 aliphatic heterocycles. The molecule has 1 unspecified atom stereocenters. The second kappa shape index (κ2) is 8.89. The summed E-state index contributed by atoms with van der Waals surface area (Å²) in [7, 11) is 0. The van der Waals surface area contributed by atoms with E-state index in [9.17, 15) is 0 Å². The van der Waals surface area contributed by atoms with Gasteiger partial charge in [-0.1, -0.05) is 18.6 Å². The lowest BCUT2D eigenvalue weighted by atomic mass is 9.90. The van der Waals surface area contributed by atoms with Gasteiger partial charge in [-0.15, -0.1) is 24.0 Å². The smallest absolute Gasteiger partial charge is 0.193 e. The van der Waals surface area contributed by atoms with Crippen molar-refractivity contribution >= 4 is 35.6 Å². The predicted molar refractivity (Wildman–Crippen MR) is 115 cm³/mol. The zero-order valence-electron chi connectivity index (χ0n) is 15.3. The molecule has 1 spiro atoms. The van der Waals surface area contributed by atoms with Crippen molar-refractivity contribution in [2.45, 2.75) is 69.7 Å². The molecule has 1 saturated carbocycles. The van der Waals surface area contributed by atoms with Crippen LogP contribution in [-0.4, -0.2) is 31.0 Å². The maximum absolute atomic E-state index is 6.17. The maximum Gasteiger partial charge on any atom is 0.193 e. The van der Waals surface area contributed by atoms with Crippen molar-refractivity contribution in [1.29, 1.82) is 0 Å². The average molecular weight is 471 g/mol. The van der Waals surface area contributed by atoms with E-state index < -0.39 is 0 Å². The highest BCUT2D eigenvalue weighted by Gasteiger charge is 2.42. The topological polar surface area (TPSA) is 68.9 Å². The number of rotatable bonds is 3. The molecule has 2 aliphatic carbocycles. The quantitative estimate of drug-likeness (QED) is 0.398. The Morgan fingerprint density at radius 2 is 1.96 bits per heavy atom. The van der Waals surface area contributed by atoms with Gasteiger partial charge < -0.3 is 20.5 Å². The van der Waals surface area contributed by atoms with Gasteiger partial charge in [0.2, 0.25) is 0 Å². The summed E-state index contributed by atoms with van der Waals surface area (Å²) in [6, 6.07) is 6.42. The molecule has 144 valence electrons. The molecule has 3 aliphatic rings. The van der Waals surface area contributed by atoms with Crippen molar-refractivity contribution in [3.8, 4) is 0 Å². The number of anilines is 1. The molecule has 0 aromatic heterocycles. The molecular formula is C20H30IN3O2. The molecule has 2 fully saturated rings. The molecule has 26 heavy (non-hydrogen) atoms. The molecule has 1 atom stereocenters. The van der Waals surface area contributed by atoms with E-state index >= 15 is 0 Å². The van der Waals surface area contributed by atoms with E-state index in [1.54, 1.807) is 0 Å². The molecule has 6 heteroatoms. The zero-order chi connectivity index (χ0) is 17.1. The Kier molecular flexibility index (Phi) is 6.80. The third-order valence-corrected chi connectivity index (χ3v) is 5.65. The normalized spacial score (nSPS) is 24.8. The van der Waals surface area contributed by atoms with E-state index in [0.717, 1.165) is 31.4 Å². The molecule has 1 heterocycles. The van der Waals surface area contributed by atoms with E-state index in [2.05, 4.69) is 28.5 Å². The van der Waals surface area contributed by atoms with Crippen LogP contribution in [0.25, 0.3) is 0 Å². The van der Waals surface area contributed by atoms with Crippen molar-refractivity contribution in [3.63, 3.8) is 0 Å². The van der Waals surface area contributed by atoms with Gasteiger partial charge in [-0.05, 0) is 55.7 Å². The van der Waals surface area contributed by atoms with Crippen LogP contribution >= 0.6 is 24.0 Å². The number of nitrogens with two attached hydrogens (primary N) is 1. The third kappa shape index (κ3) is 4.51. The Hall–Kier alpha value is -0.860. The third-order valence-electron chi connectivity index (χ3n) is 5.65. The molecule has 4 rings (SSSR count). The van der Waals surface area contributed by atoms with Crippen molar-refractivity contribution in [2.75, 3.05) is 18.5 Å². The number of guanidine groups is 1. The Labute approximate surface area is 173 Å². The second-order valence-electron chi connectivity index (χ2n) is 7.52. The minimum atomic E-state index is -0.334.